The van der Waals surface area contributed by atoms with Gasteiger partial charge in [0.1, 0.15) is 5.69 Å². The second-order valence-corrected chi connectivity index (χ2v) is 7.15. The zero-order valence-electron chi connectivity index (χ0n) is 13.8. The summed E-state index contributed by atoms with van der Waals surface area (Å²) >= 11 is 7.35. The first kappa shape index (κ1) is 17.7. The van der Waals surface area contributed by atoms with E-state index in [0.29, 0.717) is 36.9 Å². The van der Waals surface area contributed by atoms with Gasteiger partial charge in [-0.1, -0.05) is 18.5 Å². The van der Waals surface area contributed by atoms with E-state index in [4.69, 9.17) is 11.6 Å². The number of nitrogens with zero attached hydrogens (tertiary/aromatic N) is 3. The van der Waals surface area contributed by atoms with Crippen molar-refractivity contribution >= 4 is 40.2 Å². The van der Waals surface area contributed by atoms with Crippen LogP contribution in [0.3, 0.4) is 0 Å². The molecule has 0 radical (unpaired) electrons. The first-order valence-electron chi connectivity index (χ1n) is 8.05. The SMILES string of the molecule is CCc1ccsc1C(=O)N1CCN(c2ccc(Cl)cc2[N+](=O)[O-])CC1. The summed E-state index contributed by atoms with van der Waals surface area (Å²) in [5, 5.41) is 13.6. The highest BCUT2D eigenvalue weighted by Crippen LogP contribution is 2.32. The van der Waals surface area contributed by atoms with Crippen LogP contribution in [0.5, 0.6) is 0 Å². The second kappa shape index (κ2) is 7.41. The van der Waals surface area contributed by atoms with Crippen LogP contribution < -0.4 is 4.90 Å². The Hall–Kier alpha value is -2.12. The summed E-state index contributed by atoms with van der Waals surface area (Å²) in [6.45, 7) is 4.23. The number of amides is 1. The van der Waals surface area contributed by atoms with E-state index < -0.39 is 4.92 Å². The third kappa shape index (κ3) is 3.62. The summed E-state index contributed by atoms with van der Waals surface area (Å²) in [6, 6.07) is 6.69. The molecule has 0 aliphatic carbocycles. The smallest absolute Gasteiger partial charge is 0.294 e. The summed E-state index contributed by atoms with van der Waals surface area (Å²) in [6.07, 6.45) is 0.835. The maximum atomic E-state index is 12.7. The van der Waals surface area contributed by atoms with Gasteiger partial charge in [-0.3, -0.25) is 14.9 Å². The average molecular weight is 380 g/mol. The van der Waals surface area contributed by atoms with Crippen molar-refractivity contribution < 1.29 is 9.72 Å². The van der Waals surface area contributed by atoms with E-state index >= 15 is 0 Å². The van der Waals surface area contributed by atoms with E-state index in [-0.39, 0.29) is 11.6 Å². The predicted octanol–water partition coefficient (Wildman–Crippen LogP) is 3.83. The Morgan fingerprint density at radius 2 is 2.00 bits per heavy atom. The molecule has 3 rings (SSSR count). The Kier molecular flexibility index (Phi) is 5.24. The fraction of sp³-hybridized carbons (Fsp3) is 0.353. The van der Waals surface area contributed by atoms with E-state index in [2.05, 4.69) is 0 Å². The molecule has 0 saturated carbocycles. The third-order valence-electron chi connectivity index (χ3n) is 4.36. The van der Waals surface area contributed by atoms with E-state index in [0.717, 1.165) is 16.9 Å². The molecule has 2 aromatic rings. The van der Waals surface area contributed by atoms with Gasteiger partial charge in [0, 0.05) is 37.3 Å². The zero-order valence-corrected chi connectivity index (χ0v) is 15.3. The minimum atomic E-state index is -0.419. The minimum absolute atomic E-state index is 0.00111. The number of nitro benzene ring substituents is 1. The number of carbonyl (C=O) groups excluding carboxylic acids is 1. The molecule has 0 unspecified atom stereocenters. The number of carbonyl (C=O) groups is 1. The molecule has 0 N–H and O–H groups in total. The largest absolute Gasteiger partial charge is 0.362 e. The van der Waals surface area contributed by atoms with Crippen LogP contribution in [-0.4, -0.2) is 41.9 Å². The third-order valence-corrected chi connectivity index (χ3v) is 5.54. The fourth-order valence-electron chi connectivity index (χ4n) is 3.01. The van der Waals surface area contributed by atoms with Crippen molar-refractivity contribution in [1.29, 1.82) is 0 Å². The Labute approximate surface area is 154 Å². The summed E-state index contributed by atoms with van der Waals surface area (Å²) < 4.78 is 0. The fourth-order valence-corrected chi connectivity index (χ4v) is 4.13. The lowest BCUT2D eigenvalue weighted by Gasteiger charge is -2.35. The number of piperazine rings is 1. The maximum Gasteiger partial charge on any atom is 0.294 e. The van der Waals surface area contributed by atoms with Crippen molar-refractivity contribution in [3.05, 3.63) is 55.2 Å². The molecule has 25 heavy (non-hydrogen) atoms. The molecular weight excluding hydrogens is 362 g/mol. The first-order chi connectivity index (χ1) is 12.0. The maximum absolute atomic E-state index is 12.7. The second-order valence-electron chi connectivity index (χ2n) is 5.80. The van der Waals surface area contributed by atoms with Crippen molar-refractivity contribution in [2.45, 2.75) is 13.3 Å². The number of aryl methyl sites for hydroxylation is 1. The Balaban J connectivity index is 1.72. The van der Waals surface area contributed by atoms with Crippen molar-refractivity contribution in [1.82, 2.24) is 4.90 Å². The molecule has 2 heterocycles. The summed E-state index contributed by atoms with van der Waals surface area (Å²) in [5.41, 5.74) is 1.62. The van der Waals surface area contributed by atoms with Gasteiger partial charge in [0.2, 0.25) is 0 Å². The van der Waals surface area contributed by atoms with Crippen LogP contribution in [0.1, 0.15) is 22.2 Å². The van der Waals surface area contributed by atoms with E-state index in [1.807, 2.05) is 28.2 Å². The molecule has 1 saturated heterocycles. The van der Waals surface area contributed by atoms with Gasteiger partial charge in [-0.25, -0.2) is 0 Å². The summed E-state index contributed by atoms with van der Waals surface area (Å²) in [7, 11) is 0. The number of benzene rings is 1. The number of halogens is 1. The number of nitro groups is 1. The van der Waals surface area contributed by atoms with Crippen molar-refractivity contribution in [3.63, 3.8) is 0 Å². The molecule has 6 nitrogen and oxygen atoms in total. The van der Waals surface area contributed by atoms with Crippen LogP contribution in [0.4, 0.5) is 11.4 Å². The van der Waals surface area contributed by atoms with Crippen LogP contribution in [0, 0.1) is 10.1 Å². The van der Waals surface area contributed by atoms with Gasteiger partial charge in [0.05, 0.1) is 9.80 Å². The van der Waals surface area contributed by atoms with E-state index in [1.165, 1.54) is 17.4 Å². The highest BCUT2D eigenvalue weighted by molar-refractivity contribution is 7.12. The molecule has 8 heteroatoms. The normalized spacial score (nSPS) is 14.6. The number of anilines is 1. The van der Waals surface area contributed by atoms with E-state index in [9.17, 15) is 14.9 Å². The van der Waals surface area contributed by atoms with E-state index in [1.54, 1.807) is 12.1 Å². The number of thiophene rings is 1. The van der Waals surface area contributed by atoms with Gasteiger partial charge in [-0.15, -0.1) is 11.3 Å². The molecular formula is C17H18ClN3O3S. The van der Waals surface area contributed by atoms with Gasteiger partial charge in [0.15, 0.2) is 0 Å². The topological polar surface area (TPSA) is 66.7 Å². The molecule has 1 fully saturated rings. The molecule has 1 aromatic carbocycles. The Bertz CT molecular complexity index is 800. The van der Waals surface area contributed by atoms with Gasteiger partial charge in [-0.05, 0) is 35.6 Å². The molecule has 0 atom stereocenters. The first-order valence-corrected chi connectivity index (χ1v) is 9.31. The highest BCUT2D eigenvalue weighted by Gasteiger charge is 2.27. The predicted molar refractivity (Wildman–Crippen MR) is 99.9 cm³/mol. The Morgan fingerprint density at radius 3 is 2.64 bits per heavy atom. The monoisotopic (exact) mass is 379 g/mol. The molecule has 1 aromatic heterocycles. The van der Waals surface area contributed by atoms with Crippen LogP contribution in [-0.2, 0) is 6.42 Å². The quantitative estimate of drug-likeness (QED) is 0.598. The van der Waals surface area contributed by atoms with Gasteiger partial charge >= 0.3 is 0 Å². The molecule has 1 aliphatic rings. The highest BCUT2D eigenvalue weighted by atomic mass is 35.5. The summed E-state index contributed by atoms with van der Waals surface area (Å²) in [4.78, 5) is 28.1. The molecule has 132 valence electrons. The molecule has 0 spiro atoms. The van der Waals surface area contributed by atoms with Crippen LogP contribution in [0.2, 0.25) is 5.02 Å². The molecule has 1 amide bonds. The lowest BCUT2D eigenvalue weighted by atomic mass is 10.1. The molecule has 0 bridgehead atoms. The minimum Gasteiger partial charge on any atom is -0.362 e. The van der Waals surface area contributed by atoms with Crippen LogP contribution in [0.25, 0.3) is 0 Å². The average Bonchev–Trinajstić information content (AvgIpc) is 3.10. The molecule has 1 aliphatic heterocycles. The lowest BCUT2D eigenvalue weighted by Crippen LogP contribution is -2.48. The Morgan fingerprint density at radius 1 is 1.28 bits per heavy atom. The van der Waals surface area contributed by atoms with Crippen molar-refractivity contribution in [2.24, 2.45) is 0 Å². The summed E-state index contributed by atoms with van der Waals surface area (Å²) in [5.74, 6) is 0.0529. The van der Waals surface area contributed by atoms with Gasteiger partial charge in [0.25, 0.3) is 11.6 Å². The van der Waals surface area contributed by atoms with Crippen molar-refractivity contribution in [2.75, 3.05) is 31.1 Å². The van der Waals surface area contributed by atoms with Gasteiger partial charge in [-0.2, -0.15) is 0 Å². The van der Waals surface area contributed by atoms with Crippen LogP contribution >= 0.6 is 22.9 Å². The number of rotatable bonds is 4. The zero-order chi connectivity index (χ0) is 18.0. The number of hydrogen-bond donors (Lipinski definition) is 0. The number of hydrogen-bond acceptors (Lipinski definition) is 5. The lowest BCUT2D eigenvalue weighted by molar-refractivity contribution is -0.384. The van der Waals surface area contributed by atoms with Gasteiger partial charge < -0.3 is 9.80 Å². The van der Waals surface area contributed by atoms with Crippen LogP contribution in [0.15, 0.2) is 29.6 Å². The standard InChI is InChI=1S/C17H18ClN3O3S/c1-2-12-5-10-25-16(12)17(22)20-8-6-19(7-9-20)14-4-3-13(18)11-15(14)21(23)24/h3-5,10-11H,2,6-9H2,1H3. The van der Waals surface area contributed by atoms with Crippen molar-refractivity contribution in [3.8, 4) is 0 Å².